The number of amides is 1. The van der Waals surface area contributed by atoms with E-state index in [1.54, 1.807) is 11.8 Å². The number of aliphatic carboxylic acids is 1. The number of hydrogen-bond donors (Lipinski definition) is 2. The summed E-state index contributed by atoms with van der Waals surface area (Å²) < 4.78 is 0. The van der Waals surface area contributed by atoms with E-state index in [0.717, 1.165) is 29.8 Å². The highest BCUT2D eigenvalue weighted by atomic mass is 32.2. The minimum atomic E-state index is -0.832. The summed E-state index contributed by atoms with van der Waals surface area (Å²) in [7, 11) is 0. The Kier molecular flexibility index (Phi) is 7.80. The third kappa shape index (κ3) is 6.61. The molecule has 1 rings (SSSR count). The summed E-state index contributed by atoms with van der Waals surface area (Å²) in [5.74, 6) is 0.563. The molecule has 0 bridgehead atoms. The number of hydrogen-bond acceptors (Lipinski definition) is 3. The Bertz CT molecular complexity index is 448. The van der Waals surface area contributed by atoms with Gasteiger partial charge in [-0.3, -0.25) is 9.59 Å². The van der Waals surface area contributed by atoms with Crippen LogP contribution in [0.3, 0.4) is 0 Å². The minimum Gasteiger partial charge on any atom is -0.481 e. The van der Waals surface area contributed by atoms with E-state index < -0.39 is 5.97 Å². The highest BCUT2D eigenvalue weighted by molar-refractivity contribution is 7.99. The lowest BCUT2D eigenvalue weighted by molar-refractivity contribution is -0.136. The molecule has 0 aliphatic heterocycles. The van der Waals surface area contributed by atoms with E-state index in [2.05, 4.69) is 12.2 Å². The summed E-state index contributed by atoms with van der Waals surface area (Å²) in [6.07, 6.45) is 2.74. The average Bonchev–Trinajstić information content (AvgIpc) is 2.42. The number of unbranched alkanes of at least 4 members (excludes halogenated alkanes) is 1. The van der Waals surface area contributed by atoms with Gasteiger partial charge in [-0.1, -0.05) is 31.5 Å². The maximum Gasteiger partial charge on any atom is 0.303 e. The van der Waals surface area contributed by atoms with E-state index in [0.29, 0.717) is 12.2 Å². The van der Waals surface area contributed by atoms with Crippen molar-refractivity contribution in [3.63, 3.8) is 0 Å². The largest absolute Gasteiger partial charge is 0.481 e. The molecule has 5 heteroatoms. The molecule has 0 saturated carbocycles. The topological polar surface area (TPSA) is 66.4 Å². The Labute approximate surface area is 124 Å². The predicted octanol–water partition coefficient (Wildman–Crippen LogP) is 3.18. The van der Waals surface area contributed by atoms with Crippen molar-refractivity contribution in [1.29, 1.82) is 0 Å². The van der Waals surface area contributed by atoms with E-state index in [1.807, 2.05) is 24.3 Å². The molecule has 20 heavy (non-hydrogen) atoms. The molecule has 1 amide bonds. The lowest BCUT2D eigenvalue weighted by atomic mass is 10.1. The lowest BCUT2D eigenvalue weighted by Gasteiger charge is -2.10. The van der Waals surface area contributed by atoms with E-state index in [-0.39, 0.29) is 12.3 Å². The van der Waals surface area contributed by atoms with E-state index in [4.69, 9.17) is 5.11 Å². The molecule has 0 fully saturated rings. The summed E-state index contributed by atoms with van der Waals surface area (Å²) in [5.41, 5.74) is 1.58. The van der Waals surface area contributed by atoms with Crippen molar-refractivity contribution >= 4 is 29.3 Å². The summed E-state index contributed by atoms with van der Waals surface area (Å²) in [6, 6.07) is 7.35. The summed E-state index contributed by atoms with van der Waals surface area (Å²) in [5, 5.41) is 11.6. The van der Waals surface area contributed by atoms with Crippen molar-refractivity contribution in [2.45, 2.75) is 32.6 Å². The molecule has 0 heterocycles. The van der Waals surface area contributed by atoms with Gasteiger partial charge in [0.25, 0.3) is 0 Å². The van der Waals surface area contributed by atoms with Crippen LogP contribution in [0.4, 0.5) is 5.69 Å². The molecule has 0 saturated heterocycles. The zero-order valence-electron chi connectivity index (χ0n) is 11.7. The van der Waals surface area contributed by atoms with Gasteiger partial charge in [-0.25, -0.2) is 0 Å². The zero-order chi connectivity index (χ0) is 14.8. The smallest absolute Gasteiger partial charge is 0.303 e. The van der Waals surface area contributed by atoms with Crippen LogP contribution in [-0.4, -0.2) is 28.5 Å². The van der Waals surface area contributed by atoms with Crippen LogP contribution in [0.1, 0.15) is 31.7 Å². The molecule has 0 unspecified atom stereocenters. The monoisotopic (exact) mass is 295 g/mol. The molecule has 0 aliphatic carbocycles. The van der Waals surface area contributed by atoms with Crippen LogP contribution in [0.25, 0.3) is 0 Å². The first-order valence-electron chi connectivity index (χ1n) is 6.80. The number of carbonyl (C=O) groups excluding carboxylic acids is 1. The van der Waals surface area contributed by atoms with Crippen LogP contribution in [0.5, 0.6) is 0 Å². The molecule has 0 aromatic heterocycles. The van der Waals surface area contributed by atoms with Gasteiger partial charge in [0.2, 0.25) is 5.91 Å². The van der Waals surface area contributed by atoms with E-state index in [9.17, 15) is 9.59 Å². The van der Waals surface area contributed by atoms with Crippen LogP contribution >= 0.6 is 11.8 Å². The lowest BCUT2D eigenvalue weighted by Crippen LogP contribution is -2.15. The fraction of sp³-hybridized carbons (Fsp3) is 0.467. The van der Waals surface area contributed by atoms with Crippen molar-refractivity contribution in [1.82, 2.24) is 0 Å². The number of carbonyl (C=O) groups is 2. The summed E-state index contributed by atoms with van der Waals surface area (Å²) in [6.45, 7) is 2.12. The van der Waals surface area contributed by atoms with Crippen LogP contribution in [0, 0.1) is 0 Å². The van der Waals surface area contributed by atoms with Gasteiger partial charge in [0, 0.05) is 12.1 Å². The molecule has 0 radical (unpaired) electrons. The number of aryl methyl sites for hydroxylation is 1. The molecule has 1 aromatic rings. The molecule has 0 atom stereocenters. The van der Waals surface area contributed by atoms with Crippen molar-refractivity contribution in [3.05, 3.63) is 29.8 Å². The van der Waals surface area contributed by atoms with Gasteiger partial charge in [-0.2, -0.15) is 11.8 Å². The first-order chi connectivity index (χ1) is 9.63. The second-order valence-corrected chi connectivity index (χ2v) is 5.61. The Hall–Kier alpha value is -1.49. The number of carboxylic acids is 1. The Morgan fingerprint density at radius 3 is 2.75 bits per heavy atom. The zero-order valence-corrected chi connectivity index (χ0v) is 12.5. The van der Waals surface area contributed by atoms with Gasteiger partial charge in [-0.15, -0.1) is 0 Å². The quantitative estimate of drug-likeness (QED) is 0.687. The molecule has 2 N–H and O–H groups in total. The number of benzene rings is 1. The number of rotatable bonds is 9. The molecule has 4 nitrogen and oxygen atoms in total. The number of carboxylic acid groups (broad SMARTS) is 1. The number of thioether (sulfide) groups is 1. The van der Waals surface area contributed by atoms with Crippen LogP contribution in [0.2, 0.25) is 0 Å². The maximum atomic E-state index is 11.8. The Morgan fingerprint density at radius 1 is 1.30 bits per heavy atom. The van der Waals surface area contributed by atoms with Gasteiger partial charge in [-0.05, 0) is 30.2 Å². The first-order valence-corrected chi connectivity index (χ1v) is 7.96. The Morgan fingerprint density at radius 2 is 2.05 bits per heavy atom. The third-order valence-corrected chi connectivity index (χ3v) is 3.82. The first kappa shape index (κ1) is 16.6. The van der Waals surface area contributed by atoms with E-state index in [1.165, 1.54) is 0 Å². The van der Waals surface area contributed by atoms with Gasteiger partial charge >= 0.3 is 5.97 Å². The third-order valence-electron chi connectivity index (χ3n) is 2.78. The van der Waals surface area contributed by atoms with Gasteiger partial charge in [0.05, 0.1) is 5.75 Å². The fourth-order valence-corrected chi connectivity index (χ4v) is 2.59. The highest BCUT2D eigenvalue weighted by Crippen LogP contribution is 2.17. The van der Waals surface area contributed by atoms with Crippen molar-refractivity contribution in [2.24, 2.45) is 0 Å². The SMILES string of the molecule is CCCCSCC(=O)Nc1ccccc1CCC(=O)O. The van der Waals surface area contributed by atoms with Crippen LogP contribution < -0.4 is 5.32 Å². The average molecular weight is 295 g/mol. The van der Waals surface area contributed by atoms with Gasteiger partial charge < -0.3 is 10.4 Å². The second kappa shape index (κ2) is 9.42. The molecule has 0 spiro atoms. The maximum absolute atomic E-state index is 11.8. The predicted molar refractivity (Wildman–Crippen MR) is 83.3 cm³/mol. The van der Waals surface area contributed by atoms with Crippen molar-refractivity contribution in [2.75, 3.05) is 16.8 Å². The minimum absolute atomic E-state index is 0.0334. The molecule has 110 valence electrons. The number of anilines is 1. The van der Waals surface area contributed by atoms with Crippen LogP contribution in [-0.2, 0) is 16.0 Å². The molecular formula is C15H21NO3S. The molecule has 1 aromatic carbocycles. The summed E-state index contributed by atoms with van der Waals surface area (Å²) >= 11 is 1.62. The number of para-hydroxylation sites is 1. The van der Waals surface area contributed by atoms with Gasteiger partial charge in [0.1, 0.15) is 0 Å². The second-order valence-electron chi connectivity index (χ2n) is 4.51. The molecule has 0 aliphatic rings. The van der Waals surface area contributed by atoms with Gasteiger partial charge in [0.15, 0.2) is 0 Å². The van der Waals surface area contributed by atoms with Crippen LogP contribution in [0.15, 0.2) is 24.3 Å². The van der Waals surface area contributed by atoms with Crippen molar-refractivity contribution < 1.29 is 14.7 Å². The number of nitrogens with one attached hydrogen (secondary N) is 1. The summed E-state index contributed by atoms with van der Waals surface area (Å²) in [4.78, 5) is 22.4. The fourth-order valence-electron chi connectivity index (χ4n) is 1.70. The highest BCUT2D eigenvalue weighted by Gasteiger charge is 2.08. The Balaban J connectivity index is 2.49. The molecular weight excluding hydrogens is 274 g/mol. The van der Waals surface area contributed by atoms with Crippen molar-refractivity contribution in [3.8, 4) is 0 Å². The normalized spacial score (nSPS) is 10.2. The van der Waals surface area contributed by atoms with E-state index >= 15 is 0 Å². The standard InChI is InChI=1S/C15H21NO3S/c1-2-3-10-20-11-14(17)16-13-7-5-4-6-12(13)8-9-15(18)19/h4-7H,2-3,8-11H2,1H3,(H,16,17)(H,18,19).